The van der Waals surface area contributed by atoms with Crippen LogP contribution >= 0.6 is 15.9 Å². The van der Waals surface area contributed by atoms with Gasteiger partial charge in [0.25, 0.3) is 0 Å². The molecule has 0 aliphatic rings. The number of aryl methyl sites for hydroxylation is 1. The zero-order valence-electron chi connectivity index (χ0n) is 9.21. The summed E-state index contributed by atoms with van der Waals surface area (Å²) in [5.41, 5.74) is 1.22. The maximum atomic E-state index is 4.45. The maximum absolute atomic E-state index is 4.45. The Morgan fingerprint density at radius 3 is 2.57 bits per heavy atom. The molecular weight excluding hydrogens is 240 g/mol. The maximum Gasteiger partial charge on any atom is 0.131 e. The van der Waals surface area contributed by atoms with Gasteiger partial charge in [-0.3, -0.25) is 0 Å². The van der Waals surface area contributed by atoms with Crippen LogP contribution in [0.2, 0.25) is 0 Å². The number of hydrogen-bond acceptors (Lipinski definition) is 2. The van der Waals surface area contributed by atoms with E-state index in [1.807, 2.05) is 6.20 Å². The number of hydrogen-bond donors (Lipinski definition) is 0. The van der Waals surface area contributed by atoms with Crippen molar-refractivity contribution in [1.29, 1.82) is 0 Å². The quantitative estimate of drug-likeness (QED) is 0.825. The van der Waals surface area contributed by atoms with E-state index in [-0.39, 0.29) is 0 Å². The van der Waals surface area contributed by atoms with Crippen molar-refractivity contribution in [2.45, 2.75) is 33.7 Å². The van der Waals surface area contributed by atoms with Crippen LogP contribution in [0.3, 0.4) is 0 Å². The predicted molar refractivity (Wildman–Crippen MR) is 64.8 cm³/mol. The molecule has 0 aromatic carbocycles. The Morgan fingerprint density at radius 2 is 2.14 bits per heavy atom. The molecule has 0 saturated carbocycles. The van der Waals surface area contributed by atoms with E-state index >= 15 is 0 Å². The standard InChI is InChI=1S/C11H17BrN2/c1-5-14(8(2)3)11-9(4)6-10(12)7-13-11/h6-8H,5H2,1-4H3. The molecule has 0 atom stereocenters. The van der Waals surface area contributed by atoms with E-state index in [0.29, 0.717) is 6.04 Å². The summed E-state index contributed by atoms with van der Waals surface area (Å²) in [4.78, 5) is 6.74. The van der Waals surface area contributed by atoms with Crippen LogP contribution in [0.1, 0.15) is 26.3 Å². The Kier molecular flexibility index (Phi) is 3.93. The van der Waals surface area contributed by atoms with Crippen molar-refractivity contribution in [2.24, 2.45) is 0 Å². The molecule has 0 spiro atoms. The summed E-state index contributed by atoms with van der Waals surface area (Å²) >= 11 is 3.42. The van der Waals surface area contributed by atoms with Gasteiger partial charge in [-0.15, -0.1) is 0 Å². The fraction of sp³-hybridized carbons (Fsp3) is 0.545. The molecule has 1 rings (SSSR count). The molecule has 0 unspecified atom stereocenters. The molecule has 0 bridgehead atoms. The lowest BCUT2D eigenvalue weighted by atomic mass is 10.2. The second-order valence-corrected chi connectivity index (χ2v) is 4.59. The van der Waals surface area contributed by atoms with Crippen molar-refractivity contribution in [3.8, 4) is 0 Å². The lowest BCUT2D eigenvalue weighted by molar-refractivity contribution is 0.690. The molecule has 3 heteroatoms. The Labute approximate surface area is 94.5 Å². The van der Waals surface area contributed by atoms with Crippen LogP contribution in [0.25, 0.3) is 0 Å². The van der Waals surface area contributed by atoms with Gasteiger partial charge in [-0.25, -0.2) is 4.98 Å². The molecular formula is C11H17BrN2. The normalized spacial score (nSPS) is 10.7. The SMILES string of the molecule is CCN(c1ncc(Br)cc1C)C(C)C. The highest BCUT2D eigenvalue weighted by Crippen LogP contribution is 2.21. The Bertz CT molecular complexity index is 310. The van der Waals surface area contributed by atoms with Crippen molar-refractivity contribution in [3.05, 3.63) is 22.3 Å². The van der Waals surface area contributed by atoms with Crippen molar-refractivity contribution >= 4 is 21.7 Å². The summed E-state index contributed by atoms with van der Waals surface area (Å²) in [6.45, 7) is 9.62. The molecule has 0 N–H and O–H groups in total. The van der Waals surface area contributed by atoms with Gasteiger partial charge in [0.05, 0.1) is 0 Å². The van der Waals surface area contributed by atoms with E-state index in [0.717, 1.165) is 16.8 Å². The summed E-state index contributed by atoms with van der Waals surface area (Å²) in [6.07, 6.45) is 1.85. The minimum Gasteiger partial charge on any atom is -0.354 e. The second-order valence-electron chi connectivity index (χ2n) is 3.67. The first kappa shape index (κ1) is 11.5. The van der Waals surface area contributed by atoms with Crippen LogP contribution in [0, 0.1) is 6.92 Å². The van der Waals surface area contributed by atoms with Crippen LogP contribution < -0.4 is 4.90 Å². The summed E-state index contributed by atoms with van der Waals surface area (Å²) in [5, 5.41) is 0. The van der Waals surface area contributed by atoms with Crippen LogP contribution in [0.4, 0.5) is 5.82 Å². The average molecular weight is 257 g/mol. The zero-order chi connectivity index (χ0) is 10.7. The molecule has 14 heavy (non-hydrogen) atoms. The molecule has 1 heterocycles. The van der Waals surface area contributed by atoms with E-state index in [2.05, 4.69) is 59.6 Å². The molecule has 0 aliphatic heterocycles. The number of rotatable bonds is 3. The van der Waals surface area contributed by atoms with E-state index in [1.54, 1.807) is 0 Å². The molecule has 78 valence electrons. The molecule has 1 aromatic heterocycles. The fourth-order valence-electron chi connectivity index (χ4n) is 1.59. The highest BCUT2D eigenvalue weighted by Gasteiger charge is 2.11. The van der Waals surface area contributed by atoms with Gasteiger partial charge in [-0.05, 0) is 55.3 Å². The first-order valence-corrected chi connectivity index (χ1v) is 5.74. The largest absolute Gasteiger partial charge is 0.354 e. The smallest absolute Gasteiger partial charge is 0.131 e. The zero-order valence-corrected chi connectivity index (χ0v) is 10.8. The fourth-order valence-corrected chi connectivity index (χ4v) is 2.04. The van der Waals surface area contributed by atoms with E-state index in [1.165, 1.54) is 5.56 Å². The summed E-state index contributed by atoms with van der Waals surface area (Å²) in [6, 6.07) is 2.60. The summed E-state index contributed by atoms with van der Waals surface area (Å²) < 4.78 is 1.04. The third-order valence-corrected chi connectivity index (χ3v) is 2.69. The average Bonchev–Trinajstić information content (AvgIpc) is 2.09. The minimum absolute atomic E-state index is 0.493. The molecule has 0 amide bonds. The first-order chi connectivity index (χ1) is 6.56. The lowest BCUT2D eigenvalue weighted by Crippen LogP contribution is -2.31. The topological polar surface area (TPSA) is 16.1 Å². The number of aromatic nitrogens is 1. The number of pyridine rings is 1. The summed E-state index contributed by atoms with van der Waals surface area (Å²) in [7, 11) is 0. The number of halogens is 1. The predicted octanol–water partition coefficient (Wildman–Crippen LogP) is 3.39. The van der Waals surface area contributed by atoms with Crippen molar-refractivity contribution in [3.63, 3.8) is 0 Å². The summed E-state index contributed by atoms with van der Waals surface area (Å²) in [5.74, 6) is 1.09. The molecule has 2 nitrogen and oxygen atoms in total. The Morgan fingerprint density at radius 1 is 1.50 bits per heavy atom. The van der Waals surface area contributed by atoms with Gasteiger partial charge in [0, 0.05) is 23.3 Å². The molecule has 0 fully saturated rings. The van der Waals surface area contributed by atoms with Gasteiger partial charge < -0.3 is 4.90 Å². The molecule has 1 aromatic rings. The first-order valence-electron chi connectivity index (χ1n) is 4.95. The van der Waals surface area contributed by atoms with Crippen LogP contribution in [-0.2, 0) is 0 Å². The number of nitrogens with zero attached hydrogens (tertiary/aromatic N) is 2. The molecule has 0 radical (unpaired) electrons. The highest BCUT2D eigenvalue weighted by atomic mass is 79.9. The second kappa shape index (κ2) is 4.78. The van der Waals surface area contributed by atoms with Crippen molar-refractivity contribution in [2.75, 3.05) is 11.4 Å². The van der Waals surface area contributed by atoms with Crippen molar-refractivity contribution in [1.82, 2.24) is 4.98 Å². The van der Waals surface area contributed by atoms with E-state index < -0.39 is 0 Å². The van der Waals surface area contributed by atoms with E-state index in [4.69, 9.17) is 0 Å². The monoisotopic (exact) mass is 256 g/mol. The van der Waals surface area contributed by atoms with Gasteiger partial charge in [0.15, 0.2) is 0 Å². The van der Waals surface area contributed by atoms with Crippen LogP contribution in [0.15, 0.2) is 16.7 Å². The number of anilines is 1. The highest BCUT2D eigenvalue weighted by molar-refractivity contribution is 9.10. The van der Waals surface area contributed by atoms with Gasteiger partial charge in [0.1, 0.15) is 5.82 Å². The van der Waals surface area contributed by atoms with E-state index in [9.17, 15) is 0 Å². The van der Waals surface area contributed by atoms with Gasteiger partial charge in [0.2, 0.25) is 0 Å². The minimum atomic E-state index is 0.493. The molecule has 0 saturated heterocycles. The Hall–Kier alpha value is -0.570. The van der Waals surface area contributed by atoms with Crippen LogP contribution in [0.5, 0.6) is 0 Å². The van der Waals surface area contributed by atoms with Gasteiger partial charge in [-0.1, -0.05) is 0 Å². The lowest BCUT2D eigenvalue weighted by Gasteiger charge is -2.27. The van der Waals surface area contributed by atoms with Crippen molar-refractivity contribution < 1.29 is 0 Å². The van der Waals surface area contributed by atoms with Gasteiger partial charge in [-0.2, -0.15) is 0 Å². The Balaban J connectivity index is 3.04. The third-order valence-electron chi connectivity index (χ3n) is 2.25. The third kappa shape index (κ3) is 2.47. The molecule has 0 aliphatic carbocycles. The van der Waals surface area contributed by atoms with Gasteiger partial charge >= 0.3 is 0 Å². The van der Waals surface area contributed by atoms with Crippen LogP contribution in [-0.4, -0.2) is 17.6 Å².